The van der Waals surface area contributed by atoms with E-state index in [4.69, 9.17) is 4.74 Å². The summed E-state index contributed by atoms with van der Waals surface area (Å²) in [4.78, 5) is 0. The summed E-state index contributed by atoms with van der Waals surface area (Å²) >= 11 is 0. The number of benzene rings is 2. The largest absolute Gasteiger partial charge is 0.493 e. The summed E-state index contributed by atoms with van der Waals surface area (Å²) in [5.41, 5.74) is 1.93. The minimum atomic E-state index is -0.891. The molecule has 1 heterocycles. The Labute approximate surface area is 122 Å². The van der Waals surface area contributed by atoms with Gasteiger partial charge in [-0.05, 0) is 47.7 Å². The van der Waals surface area contributed by atoms with Crippen molar-refractivity contribution in [2.24, 2.45) is 0 Å². The van der Waals surface area contributed by atoms with E-state index in [1.165, 1.54) is 12.1 Å². The Bertz CT molecular complexity index is 655. The Balaban J connectivity index is 1.82. The fourth-order valence-corrected chi connectivity index (χ4v) is 2.62. The van der Waals surface area contributed by atoms with Crippen LogP contribution in [0.5, 0.6) is 5.75 Å². The quantitative estimate of drug-likeness (QED) is 0.936. The highest BCUT2D eigenvalue weighted by Crippen LogP contribution is 2.29. The first-order valence-corrected chi connectivity index (χ1v) is 7.02. The molecule has 0 spiro atoms. The maximum atomic E-state index is 13.6. The lowest BCUT2D eigenvalue weighted by Crippen LogP contribution is -2.10. The van der Waals surface area contributed by atoms with E-state index in [1.807, 2.05) is 12.1 Å². The summed E-state index contributed by atoms with van der Waals surface area (Å²) in [6, 6.07) is 9.49. The molecule has 3 rings (SSSR count). The summed E-state index contributed by atoms with van der Waals surface area (Å²) in [7, 11) is 0. The van der Waals surface area contributed by atoms with Gasteiger partial charge in [0.15, 0.2) is 11.6 Å². The van der Waals surface area contributed by atoms with Crippen LogP contribution in [0, 0.1) is 11.6 Å². The molecule has 1 unspecified atom stereocenters. The lowest BCUT2D eigenvalue weighted by molar-refractivity contribution is 0.176. The van der Waals surface area contributed by atoms with Crippen molar-refractivity contribution in [1.29, 1.82) is 0 Å². The van der Waals surface area contributed by atoms with Gasteiger partial charge in [-0.25, -0.2) is 8.78 Å². The zero-order valence-corrected chi connectivity index (χ0v) is 11.5. The van der Waals surface area contributed by atoms with Gasteiger partial charge in [-0.15, -0.1) is 0 Å². The summed E-state index contributed by atoms with van der Waals surface area (Å²) in [5, 5.41) is 10.3. The van der Waals surface area contributed by atoms with Crippen LogP contribution in [0.15, 0.2) is 36.4 Å². The molecule has 21 heavy (non-hydrogen) atoms. The molecule has 4 heteroatoms. The van der Waals surface area contributed by atoms with Crippen LogP contribution in [0.25, 0.3) is 0 Å². The predicted octanol–water partition coefficient (Wildman–Crippen LogP) is 3.57. The molecule has 0 bridgehead atoms. The molecule has 1 aliphatic heterocycles. The van der Waals surface area contributed by atoms with Crippen LogP contribution in [0.2, 0.25) is 0 Å². The number of aliphatic hydroxyl groups is 1. The van der Waals surface area contributed by atoms with Gasteiger partial charge in [-0.2, -0.15) is 0 Å². The highest BCUT2D eigenvalue weighted by atomic mass is 19.2. The van der Waals surface area contributed by atoms with Crippen molar-refractivity contribution in [2.45, 2.75) is 25.4 Å². The number of aryl methyl sites for hydroxylation is 1. The molecule has 0 fully saturated rings. The second kappa shape index (κ2) is 5.82. The minimum absolute atomic E-state index is 0.0449. The van der Waals surface area contributed by atoms with Crippen molar-refractivity contribution >= 4 is 0 Å². The molecule has 0 amide bonds. The Morgan fingerprint density at radius 2 is 2.05 bits per heavy atom. The molecular weight excluding hydrogens is 274 g/mol. The third-order valence-corrected chi connectivity index (χ3v) is 3.76. The average molecular weight is 290 g/mol. The molecule has 1 aliphatic rings. The Morgan fingerprint density at radius 3 is 2.90 bits per heavy atom. The van der Waals surface area contributed by atoms with Gasteiger partial charge in [0.2, 0.25) is 0 Å². The number of aliphatic hydroxyl groups excluding tert-OH is 1. The van der Waals surface area contributed by atoms with Crippen molar-refractivity contribution in [2.75, 3.05) is 6.61 Å². The van der Waals surface area contributed by atoms with Gasteiger partial charge in [0.25, 0.3) is 0 Å². The van der Waals surface area contributed by atoms with Crippen LogP contribution in [-0.2, 0) is 12.8 Å². The van der Waals surface area contributed by atoms with E-state index in [1.54, 1.807) is 6.07 Å². The standard InChI is InChI=1S/C17H16F2O2/c18-14-5-1-3-13(17(14)19)10-15(20)11-6-7-16-12(9-11)4-2-8-21-16/h1,3,5-7,9,15,20H,2,4,8,10H2. The van der Waals surface area contributed by atoms with Crippen molar-refractivity contribution in [3.8, 4) is 5.75 Å². The lowest BCUT2D eigenvalue weighted by atomic mass is 9.97. The molecule has 0 radical (unpaired) electrons. The number of fused-ring (bicyclic) bond motifs is 1. The molecule has 0 saturated carbocycles. The van der Waals surface area contributed by atoms with Gasteiger partial charge in [0.1, 0.15) is 5.75 Å². The van der Waals surface area contributed by atoms with Crippen LogP contribution in [-0.4, -0.2) is 11.7 Å². The van der Waals surface area contributed by atoms with E-state index in [0.29, 0.717) is 12.2 Å². The Morgan fingerprint density at radius 1 is 1.19 bits per heavy atom. The van der Waals surface area contributed by atoms with Gasteiger partial charge in [0.05, 0.1) is 12.7 Å². The third kappa shape index (κ3) is 2.90. The fraction of sp³-hybridized carbons (Fsp3) is 0.294. The lowest BCUT2D eigenvalue weighted by Gasteiger charge is -2.19. The van der Waals surface area contributed by atoms with Crippen molar-refractivity contribution < 1.29 is 18.6 Å². The molecule has 0 aliphatic carbocycles. The number of halogens is 2. The molecule has 0 aromatic heterocycles. The molecule has 2 aromatic rings. The van der Waals surface area contributed by atoms with Crippen LogP contribution >= 0.6 is 0 Å². The maximum Gasteiger partial charge on any atom is 0.162 e. The number of rotatable bonds is 3. The van der Waals surface area contributed by atoms with Gasteiger partial charge >= 0.3 is 0 Å². The van der Waals surface area contributed by atoms with E-state index in [9.17, 15) is 13.9 Å². The van der Waals surface area contributed by atoms with Gasteiger partial charge in [-0.3, -0.25) is 0 Å². The highest BCUT2D eigenvalue weighted by Gasteiger charge is 2.17. The van der Waals surface area contributed by atoms with Gasteiger partial charge in [0, 0.05) is 6.42 Å². The first kappa shape index (κ1) is 14.0. The molecule has 2 aromatic carbocycles. The summed E-state index contributed by atoms with van der Waals surface area (Å²) in [6.07, 6.45) is 1.03. The van der Waals surface area contributed by atoms with Gasteiger partial charge in [-0.1, -0.05) is 18.2 Å². The SMILES string of the molecule is OC(Cc1cccc(F)c1F)c1ccc2c(c1)CCCO2. The monoisotopic (exact) mass is 290 g/mol. The molecule has 0 saturated heterocycles. The minimum Gasteiger partial charge on any atom is -0.493 e. The van der Waals surface area contributed by atoms with Crippen LogP contribution < -0.4 is 4.74 Å². The smallest absolute Gasteiger partial charge is 0.162 e. The van der Waals surface area contributed by atoms with E-state index < -0.39 is 17.7 Å². The molecule has 1 N–H and O–H groups in total. The van der Waals surface area contributed by atoms with Crippen LogP contribution in [0.3, 0.4) is 0 Å². The second-order valence-electron chi connectivity index (χ2n) is 5.25. The summed E-state index contributed by atoms with van der Waals surface area (Å²) in [5.74, 6) is -0.939. The van der Waals surface area contributed by atoms with E-state index >= 15 is 0 Å². The Hall–Kier alpha value is -1.94. The first-order valence-electron chi connectivity index (χ1n) is 7.02. The normalized spacial score (nSPS) is 15.2. The molecule has 2 nitrogen and oxygen atoms in total. The number of hydrogen-bond acceptors (Lipinski definition) is 2. The first-order chi connectivity index (χ1) is 10.1. The van der Waals surface area contributed by atoms with Crippen molar-refractivity contribution in [1.82, 2.24) is 0 Å². The van der Waals surface area contributed by atoms with E-state index in [2.05, 4.69) is 0 Å². The number of hydrogen-bond donors (Lipinski definition) is 1. The van der Waals surface area contributed by atoms with Crippen molar-refractivity contribution in [3.63, 3.8) is 0 Å². The molecular formula is C17H16F2O2. The third-order valence-electron chi connectivity index (χ3n) is 3.76. The zero-order valence-electron chi connectivity index (χ0n) is 11.5. The van der Waals surface area contributed by atoms with E-state index in [-0.39, 0.29) is 12.0 Å². The molecule has 110 valence electrons. The van der Waals surface area contributed by atoms with Crippen molar-refractivity contribution in [3.05, 3.63) is 64.7 Å². The van der Waals surface area contributed by atoms with Gasteiger partial charge < -0.3 is 9.84 Å². The fourth-order valence-electron chi connectivity index (χ4n) is 2.62. The van der Waals surface area contributed by atoms with Crippen LogP contribution in [0.4, 0.5) is 8.78 Å². The topological polar surface area (TPSA) is 29.5 Å². The molecule has 1 atom stereocenters. The summed E-state index contributed by atoms with van der Waals surface area (Å²) in [6.45, 7) is 0.712. The number of ether oxygens (including phenoxy) is 1. The van der Waals surface area contributed by atoms with E-state index in [0.717, 1.165) is 30.2 Å². The predicted molar refractivity (Wildman–Crippen MR) is 75.3 cm³/mol. The van der Waals surface area contributed by atoms with Crippen LogP contribution in [0.1, 0.15) is 29.2 Å². The maximum absolute atomic E-state index is 13.6. The zero-order chi connectivity index (χ0) is 14.8. The average Bonchev–Trinajstić information content (AvgIpc) is 2.51. The highest BCUT2D eigenvalue weighted by molar-refractivity contribution is 5.39. The Kier molecular flexibility index (Phi) is 3.88. The second-order valence-corrected chi connectivity index (χ2v) is 5.25. The summed E-state index contributed by atoms with van der Waals surface area (Å²) < 4.78 is 32.3.